The first-order valence-corrected chi connectivity index (χ1v) is 11.3. The van der Waals surface area contributed by atoms with Gasteiger partial charge in [0.15, 0.2) is 0 Å². The van der Waals surface area contributed by atoms with Gasteiger partial charge in [-0.2, -0.15) is 0 Å². The van der Waals surface area contributed by atoms with E-state index in [2.05, 4.69) is 20.2 Å². The summed E-state index contributed by atoms with van der Waals surface area (Å²) in [6.07, 6.45) is 9.99. The van der Waals surface area contributed by atoms with Crippen LogP contribution in [-0.2, 0) is 13.1 Å². The largest absolute Gasteiger partial charge is 0.299 e. The van der Waals surface area contributed by atoms with Crippen molar-refractivity contribution in [1.82, 2.24) is 24.4 Å². The predicted molar refractivity (Wildman–Crippen MR) is 114 cm³/mol. The average molecular weight is 408 g/mol. The van der Waals surface area contributed by atoms with E-state index in [1.165, 1.54) is 23.5 Å². The first kappa shape index (κ1) is 18.6. The maximum atomic E-state index is 12.5. The molecule has 5 rings (SSSR count). The highest BCUT2D eigenvalue weighted by atomic mass is 32.1. The number of nitrogens with zero attached hydrogens (tertiary/aromatic N) is 5. The van der Waals surface area contributed by atoms with Crippen LogP contribution in [0, 0.1) is 5.92 Å². The number of pyridine rings is 1. The van der Waals surface area contributed by atoms with Crippen molar-refractivity contribution in [2.75, 3.05) is 13.1 Å². The molecule has 3 aromatic heterocycles. The molecule has 1 saturated heterocycles. The van der Waals surface area contributed by atoms with E-state index in [9.17, 15) is 4.79 Å². The lowest BCUT2D eigenvalue weighted by molar-refractivity contribution is 0.165. The topological polar surface area (TPSA) is 63.9 Å². The molecule has 1 saturated carbocycles. The van der Waals surface area contributed by atoms with Crippen LogP contribution in [0.4, 0.5) is 0 Å². The molecule has 0 radical (unpaired) electrons. The molecule has 0 unspecified atom stereocenters. The third kappa shape index (κ3) is 4.46. The lowest BCUT2D eigenvalue weighted by Gasteiger charge is -2.31. The fourth-order valence-corrected chi connectivity index (χ4v) is 4.96. The van der Waals surface area contributed by atoms with Crippen molar-refractivity contribution >= 4 is 11.3 Å². The molecule has 2 aliphatic rings. The van der Waals surface area contributed by atoms with Crippen LogP contribution < -0.4 is 5.56 Å². The lowest BCUT2D eigenvalue weighted by Crippen LogP contribution is -2.36. The van der Waals surface area contributed by atoms with E-state index in [0.717, 1.165) is 50.5 Å². The molecule has 0 aromatic carbocycles. The molecular formula is C22H25N5OS. The van der Waals surface area contributed by atoms with E-state index in [-0.39, 0.29) is 5.56 Å². The number of hydrogen-bond donors (Lipinski definition) is 0. The minimum absolute atomic E-state index is 0.0105. The molecule has 2 fully saturated rings. The normalized spacial score (nSPS) is 18.2. The maximum Gasteiger partial charge on any atom is 0.253 e. The van der Waals surface area contributed by atoms with E-state index < -0.39 is 0 Å². The van der Waals surface area contributed by atoms with E-state index in [4.69, 9.17) is 4.98 Å². The van der Waals surface area contributed by atoms with Gasteiger partial charge in [0.1, 0.15) is 0 Å². The van der Waals surface area contributed by atoms with Gasteiger partial charge in [-0.05, 0) is 56.8 Å². The van der Waals surface area contributed by atoms with Gasteiger partial charge in [0, 0.05) is 48.4 Å². The minimum atomic E-state index is 0.0105. The summed E-state index contributed by atoms with van der Waals surface area (Å²) in [6.45, 7) is 3.83. The Bertz CT molecular complexity index is 1020. The fourth-order valence-electron chi connectivity index (χ4n) is 3.98. The Labute approximate surface area is 174 Å². The highest BCUT2D eigenvalue weighted by Gasteiger charge is 2.27. The summed E-state index contributed by atoms with van der Waals surface area (Å²) in [5.41, 5.74) is 2.79. The summed E-state index contributed by atoms with van der Waals surface area (Å²) in [6, 6.07) is 5.39. The molecule has 0 spiro atoms. The SMILES string of the molecule is O=c1cc(-c2cccnc2)ncn1CC1CCN(Cc2csc(C3CC3)n2)CC1. The third-order valence-corrected chi connectivity index (χ3v) is 6.94. The van der Waals surface area contributed by atoms with Gasteiger partial charge in [-0.15, -0.1) is 11.3 Å². The summed E-state index contributed by atoms with van der Waals surface area (Å²) in [7, 11) is 0. The minimum Gasteiger partial charge on any atom is -0.299 e. The van der Waals surface area contributed by atoms with Crippen LogP contribution in [0.15, 0.2) is 47.1 Å². The highest BCUT2D eigenvalue weighted by Crippen LogP contribution is 2.41. The molecule has 0 atom stereocenters. The first-order valence-electron chi connectivity index (χ1n) is 10.4. The highest BCUT2D eigenvalue weighted by molar-refractivity contribution is 7.09. The third-order valence-electron chi connectivity index (χ3n) is 5.88. The monoisotopic (exact) mass is 407 g/mol. The molecule has 6 nitrogen and oxygen atoms in total. The van der Waals surface area contributed by atoms with Gasteiger partial charge in [-0.25, -0.2) is 9.97 Å². The number of aromatic nitrogens is 4. The average Bonchev–Trinajstić information content (AvgIpc) is 3.51. The molecule has 0 bridgehead atoms. The number of thiazole rings is 1. The molecular weight excluding hydrogens is 382 g/mol. The van der Waals surface area contributed by atoms with Gasteiger partial charge >= 0.3 is 0 Å². The van der Waals surface area contributed by atoms with Crippen LogP contribution in [0.3, 0.4) is 0 Å². The number of piperidine rings is 1. The van der Waals surface area contributed by atoms with Gasteiger partial charge in [-0.1, -0.05) is 0 Å². The van der Waals surface area contributed by atoms with E-state index in [0.29, 0.717) is 11.6 Å². The zero-order valence-corrected chi connectivity index (χ0v) is 17.2. The van der Waals surface area contributed by atoms with Crippen molar-refractivity contribution in [3.63, 3.8) is 0 Å². The van der Waals surface area contributed by atoms with Crippen molar-refractivity contribution in [3.05, 3.63) is 63.4 Å². The molecule has 7 heteroatoms. The number of rotatable bonds is 6. The fraction of sp³-hybridized carbons (Fsp3) is 0.455. The predicted octanol–water partition coefficient (Wildman–Crippen LogP) is 3.55. The van der Waals surface area contributed by atoms with E-state index in [1.807, 2.05) is 23.5 Å². The zero-order chi connectivity index (χ0) is 19.6. The van der Waals surface area contributed by atoms with Crippen LogP contribution in [0.25, 0.3) is 11.3 Å². The van der Waals surface area contributed by atoms with E-state index in [1.54, 1.807) is 29.4 Å². The van der Waals surface area contributed by atoms with Crippen LogP contribution >= 0.6 is 11.3 Å². The van der Waals surface area contributed by atoms with Crippen LogP contribution in [0.5, 0.6) is 0 Å². The molecule has 4 heterocycles. The van der Waals surface area contributed by atoms with Gasteiger partial charge in [-0.3, -0.25) is 19.2 Å². The van der Waals surface area contributed by atoms with Crippen molar-refractivity contribution in [1.29, 1.82) is 0 Å². The summed E-state index contributed by atoms with van der Waals surface area (Å²) >= 11 is 1.83. The smallest absolute Gasteiger partial charge is 0.253 e. The molecule has 1 aliphatic carbocycles. The quantitative estimate of drug-likeness (QED) is 0.625. The maximum absolute atomic E-state index is 12.5. The van der Waals surface area contributed by atoms with Gasteiger partial charge in [0.2, 0.25) is 0 Å². The zero-order valence-electron chi connectivity index (χ0n) is 16.4. The van der Waals surface area contributed by atoms with Crippen LogP contribution in [0.2, 0.25) is 0 Å². The number of likely N-dealkylation sites (tertiary alicyclic amines) is 1. The molecule has 0 N–H and O–H groups in total. The van der Waals surface area contributed by atoms with Gasteiger partial charge < -0.3 is 0 Å². The Morgan fingerprint density at radius 2 is 2.03 bits per heavy atom. The van der Waals surface area contributed by atoms with Crippen molar-refractivity contribution in [2.24, 2.45) is 5.92 Å². The molecule has 1 aliphatic heterocycles. The van der Waals surface area contributed by atoms with E-state index >= 15 is 0 Å². The van der Waals surface area contributed by atoms with Gasteiger partial charge in [0.05, 0.1) is 22.7 Å². The van der Waals surface area contributed by atoms with Crippen molar-refractivity contribution < 1.29 is 0 Å². The van der Waals surface area contributed by atoms with Crippen molar-refractivity contribution in [3.8, 4) is 11.3 Å². The Kier molecular flexibility index (Phi) is 5.24. The Hall–Kier alpha value is -2.38. The summed E-state index contributed by atoms with van der Waals surface area (Å²) in [5, 5.41) is 3.56. The Morgan fingerprint density at radius 1 is 1.17 bits per heavy atom. The molecule has 0 amide bonds. The molecule has 29 heavy (non-hydrogen) atoms. The summed E-state index contributed by atoms with van der Waals surface area (Å²) < 4.78 is 1.75. The van der Waals surface area contributed by atoms with Gasteiger partial charge in [0.25, 0.3) is 5.56 Å². The summed E-state index contributed by atoms with van der Waals surface area (Å²) in [4.78, 5) is 28.4. The second-order valence-electron chi connectivity index (χ2n) is 8.18. The lowest BCUT2D eigenvalue weighted by atomic mass is 9.96. The first-order chi connectivity index (χ1) is 14.2. The Balaban J connectivity index is 1.16. The second kappa shape index (κ2) is 8.16. The standard InChI is InChI=1S/C22H25N5OS/c28-21-10-20(18-2-1-7-23-11-18)24-15-27(21)12-16-5-8-26(9-6-16)13-19-14-29-22(25-19)17-3-4-17/h1-2,7,10-11,14-17H,3-6,8-9,12-13H2. The van der Waals surface area contributed by atoms with Crippen LogP contribution in [0.1, 0.15) is 42.3 Å². The molecule has 150 valence electrons. The number of hydrogen-bond acceptors (Lipinski definition) is 6. The molecule has 3 aromatic rings. The second-order valence-corrected chi connectivity index (χ2v) is 9.07. The Morgan fingerprint density at radius 3 is 2.76 bits per heavy atom. The van der Waals surface area contributed by atoms with Crippen LogP contribution in [-0.4, -0.2) is 37.5 Å². The summed E-state index contributed by atoms with van der Waals surface area (Å²) in [5.74, 6) is 1.27. The van der Waals surface area contributed by atoms with Crippen molar-refractivity contribution in [2.45, 2.75) is 44.7 Å².